The molecule has 1 atom stereocenters. The quantitative estimate of drug-likeness (QED) is 0.654. The third-order valence-electron chi connectivity index (χ3n) is 3.29. The molecule has 1 aromatic carbocycles. The summed E-state index contributed by atoms with van der Waals surface area (Å²) >= 11 is 0. The van der Waals surface area contributed by atoms with Crippen LogP contribution in [0.15, 0.2) is 30.3 Å². The average molecular weight is 364 g/mol. The minimum atomic E-state index is -3.16. The molecule has 1 aromatic rings. The normalized spacial score (nSPS) is 12.2. The number of amides is 2. The Bertz CT molecular complexity index is 527. The third-order valence-corrected chi connectivity index (χ3v) is 3.29. The van der Waals surface area contributed by atoms with E-state index in [4.69, 9.17) is 5.73 Å². The Morgan fingerprint density at radius 2 is 1.79 bits per heavy atom. The van der Waals surface area contributed by atoms with Crippen LogP contribution in [0.5, 0.6) is 0 Å². The van der Waals surface area contributed by atoms with Crippen LogP contribution in [-0.4, -0.2) is 36.9 Å². The fraction of sp³-hybridized carbons (Fsp3) is 0.500. The highest BCUT2D eigenvalue weighted by Crippen LogP contribution is 2.10. The molecular weight excluding hydrogens is 340 g/mol. The van der Waals surface area contributed by atoms with Gasteiger partial charge in [0.1, 0.15) is 6.04 Å². The Balaban J connectivity index is 0.00000529. The smallest absolute Gasteiger partial charge is 0.277 e. The van der Waals surface area contributed by atoms with Crippen LogP contribution in [0, 0.1) is 5.92 Å². The van der Waals surface area contributed by atoms with E-state index in [1.807, 2.05) is 18.2 Å². The topological polar surface area (TPSA) is 84.2 Å². The van der Waals surface area contributed by atoms with E-state index in [0.717, 1.165) is 5.56 Å². The number of nitrogens with two attached hydrogens (primary N) is 1. The van der Waals surface area contributed by atoms with Crippen LogP contribution >= 0.6 is 12.4 Å². The number of nitrogens with one attached hydrogen (secondary N) is 2. The lowest BCUT2D eigenvalue weighted by atomic mass is 10.0. The van der Waals surface area contributed by atoms with Gasteiger partial charge in [0.15, 0.2) is 0 Å². The van der Waals surface area contributed by atoms with Crippen LogP contribution in [0.1, 0.15) is 19.4 Å². The average Bonchev–Trinajstić information content (AvgIpc) is 2.51. The van der Waals surface area contributed by atoms with Crippen molar-refractivity contribution in [2.24, 2.45) is 11.7 Å². The molecule has 0 fully saturated rings. The van der Waals surface area contributed by atoms with Crippen LogP contribution in [0.3, 0.4) is 0 Å². The first-order chi connectivity index (χ1) is 10.7. The molecule has 24 heavy (non-hydrogen) atoms. The summed E-state index contributed by atoms with van der Waals surface area (Å²) in [6.45, 7) is 1.77. The van der Waals surface area contributed by atoms with Crippen LogP contribution in [0.2, 0.25) is 0 Å². The number of hydrogen-bond acceptors (Lipinski definition) is 3. The maximum atomic E-state index is 13.1. The molecule has 0 aromatic heterocycles. The molecule has 1 unspecified atom stereocenters. The van der Waals surface area contributed by atoms with E-state index in [9.17, 15) is 18.4 Å². The van der Waals surface area contributed by atoms with Crippen molar-refractivity contribution in [3.8, 4) is 0 Å². The van der Waals surface area contributed by atoms with Crippen molar-refractivity contribution in [2.45, 2.75) is 32.2 Å². The van der Waals surface area contributed by atoms with Crippen molar-refractivity contribution in [3.63, 3.8) is 0 Å². The number of carbonyl (C=O) groups is 2. The molecule has 0 heterocycles. The summed E-state index contributed by atoms with van der Waals surface area (Å²) in [5, 5.41) is 4.73. The van der Waals surface area contributed by atoms with Gasteiger partial charge in [0.25, 0.3) is 5.92 Å². The third kappa shape index (κ3) is 7.70. The van der Waals surface area contributed by atoms with Gasteiger partial charge >= 0.3 is 0 Å². The van der Waals surface area contributed by atoms with Crippen LogP contribution in [-0.2, 0) is 16.0 Å². The van der Waals surface area contributed by atoms with E-state index in [1.54, 1.807) is 26.0 Å². The van der Waals surface area contributed by atoms with Crippen LogP contribution in [0.25, 0.3) is 0 Å². The van der Waals surface area contributed by atoms with Gasteiger partial charge < -0.3 is 16.4 Å². The van der Waals surface area contributed by atoms with Crippen LogP contribution in [0.4, 0.5) is 8.78 Å². The molecule has 0 bridgehead atoms. The molecule has 0 aliphatic carbocycles. The van der Waals surface area contributed by atoms with Gasteiger partial charge in [0.2, 0.25) is 11.8 Å². The first-order valence-corrected chi connectivity index (χ1v) is 7.44. The monoisotopic (exact) mass is 363 g/mol. The summed E-state index contributed by atoms with van der Waals surface area (Å²) in [7, 11) is 0. The summed E-state index contributed by atoms with van der Waals surface area (Å²) < 4.78 is 26.2. The van der Waals surface area contributed by atoms with Crippen molar-refractivity contribution >= 4 is 24.2 Å². The van der Waals surface area contributed by atoms with Crippen molar-refractivity contribution in [3.05, 3.63) is 35.9 Å². The molecule has 1 rings (SSSR count). The molecule has 0 saturated carbocycles. The summed E-state index contributed by atoms with van der Waals surface area (Å²) in [5.74, 6) is -4.38. The molecule has 8 heteroatoms. The van der Waals surface area contributed by atoms with Crippen molar-refractivity contribution in [1.82, 2.24) is 10.6 Å². The lowest BCUT2D eigenvalue weighted by Crippen LogP contribution is -2.52. The zero-order chi connectivity index (χ0) is 17.5. The van der Waals surface area contributed by atoms with Crippen molar-refractivity contribution < 1.29 is 18.4 Å². The molecule has 0 aliphatic heterocycles. The van der Waals surface area contributed by atoms with Crippen molar-refractivity contribution in [1.29, 1.82) is 0 Å². The summed E-state index contributed by atoms with van der Waals surface area (Å²) in [6.07, 6.45) is 0.121. The van der Waals surface area contributed by atoms with Crippen molar-refractivity contribution in [2.75, 3.05) is 13.1 Å². The van der Waals surface area contributed by atoms with Gasteiger partial charge in [-0.3, -0.25) is 9.59 Å². The van der Waals surface area contributed by atoms with E-state index < -0.39 is 31.0 Å². The second-order valence-electron chi connectivity index (χ2n) is 5.73. The second kappa shape index (κ2) is 10.2. The fourth-order valence-corrected chi connectivity index (χ4v) is 1.94. The standard InChI is InChI=1S/C16H23F2N3O2.ClH/c1-11(2)14(15(23)20-10-16(17,18)9-19)21-13(22)8-12-6-4-3-5-7-12;/h3-7,11,14H,8-10,19H2,1-2H3,(H,20,23)(H,21,22);1H. The highest BCUT2D eigenvalue weighted by Gasteiger charge is 2.30. The predicted octanol–water partition coefficient (Wildman–Crippen LogP) is 1.50. The van der Waals surface area contributed by atoms with Crippen LogP contribution < -0.4 is 16.4 Å². The summed E-state index contributed by atoms with van der Waals surface area (Å²) in [5.41, 5.74) is 5.73. The number of hydrogen-bond donors (Lipinski definition) is 3. The summed E-state index contributed by atoms with van der Waals surface area (Å²) in [6, 6.07) is 8.18. The molecular formula is C16H24ClF2N3O2. The van der Waals surface area contributed by atoms with Gasteiger partial charge in [-0.1, -0.05) is 44.2 Å². The van der Waals surface area contributed by atoms with Gasteiger partial charge in [-0.15, -0.1) is 12.4 Å². The van der Waals surface area contributed by atoms with E-state index in [1.165, 1.54) is 0 Å². The highest BCUT2D eigenvalue weighted by atomic mass is 35.5. The van der Waals surface area contributed by atoms with E-state index in [-0.39, 0.29) is 30.7 Å². The van der Waals surface area contributed by atoms with Gasteiger partial charge in [0.05, 0.1) is 19.5 Å². The van der Waals surface area contributed by atoms with Gasteiger partial charge in [-0.25, -0.2) is 8.78 Å². The second-order valence-corrected chi connectivity index (χ2v) is 5.73. The number of carbonyl (C=O) groups excluding carboxylic acids is 2. The largest absolute Gasteiger partial charge is 0.348 e. The molecule has 0 spiro atoms. The summed E-state index contributed by atoms with van der Waals surface area (Å²) in [4.78, 5) is 24.1. The SMILES string of the molecule is CC(C)C(NC(=O)Cc1ccccc1)C(=O)NCC(F)(F)CN.Cl. The maximum Gasteiger partial charge on any atom is 0.277 e. The Hall–Kier alpha value is -1.73. The lowest BCUT2D eigenvalue weighted by Gasteiger charge is -2.23. The number of rotatable bonds is 8. The number of benzene rings is 1. The fourth-order valence-electron chi connectivity index (χ4n) is 1.94. The molecule has 5 nitrogen and oxygen atoms in total. The lowest BCUT2D eigenvalue weighted by molar-refractivity contribution is -0.130. The number of halogens is 3. The first-order valence-electron chi connectivity index (χ1n) is 7.44. The molecule has 136 valence electrons. The molecule has 0 saturated heterocycles. The van der Waals surface area contributed by atoms with Gasteiger partial charge in [0, 0.05) is 0 Å². The Morgan fingerprint density at radius 1 is 1.21 bits per heavy atom. The maximum absolute atomic E-state index is 13.1. The predicted molar refractivity (Wildman–Crippen MR) is 91.2 cm³/mol. The van der Waals surface area contributed by atoms with Gasteiger partial charge in [-0.05, 0) is 11.5 Å². The Kier molecular flexibility index (Phi) is 9.47. The minimum Gasteiger partial charge on any atom is -0.348 e. The number of alkyl halides is 2. The molecule has 4 N–H and O–H groups in total. The highest BCUT2D eigenvalue weighted by molar-refractivity contribution is 5.88. The molecule has 0 aliphatic rings. The molecule has 2 amide bonds. The Morgan fingerprint density at radius 3 is 2.29 bits per heavy atom. The minimum absolute atomic E-state index is 0. The molecule has 0 radical (unpaired) electrons. The van der Waals surface area contributed by atoms with E-state index >= 15 is 0 Å². The first kappa shape index (κ1) is 22.3. The van der Waals surface area contributed by atoms with E-state index in [2.05, 4.69) is 10.6 Å². The zero-order valence-corrected chi connectivity index (χ0v) is 14.5. The zero-order valence-electron chi connectivity index (χ0n) is 13.7. The van der Waals surface area contributed by atoms with Gasteiger partial charge in [-0.2, -0.15) is 0 Å². The van der Waals surface area contributed by atoms with E-state index in [0.29, 0.717) is 0 Å². The Labute approximate surface area is 146 Å².